The molecule has 9 nitrogen and oxygen atoms in total. The van der Waals surface area contributed by atoms with Crippen LogP contribution in [0.5, 0.6) is 5.75 Å². The lowest BCUT2D eigenvalue weighted by Gasteiger charge is -2.15. The fourth-order valence-electron chi connectivity index (χ4n) is 4.03. The lowest BCUT2D eigenvalue weighted by molar-refractivity contribution is 0.238. The molecular formula is C27H27N7O2. The second-order valence-electron chi connectivity index (χ2n) is 9.29. The number of rotatable bonds is 8. The van der Waals surface area contributed by atoms with Crippen LogP contribution in [0.2, 0.25) is 0 Å². The van der Waals surface area contributed by atoms with E-state index in [0.717, 1.165) is 36.5 Å². The van der Waals surface area contributed by atoms with Gasteiger partial charge in [-0.1, -0.05) is 0 Å². The number of nitrogens with zero attached hydrogens (tertiary/aromatic N) is 7. The molecule has 1 aliphatic rings. The maximum absolute atomic E-state index is 9.44. The first-order valence-electron chi connectivity index (χ1n) is 12.0. The van der Waals surface area contributed by atoms with Gasteiger partial charge in [0.1, 0.15) is 18.1 Å². The van der Waals surface area contributed by atoms with Crippen LogP contribution in [0.25, 0.3) is 34.3 Å². The molecular weight excluding hydrogens is 454 g/mol. The van der Waals surface area contributed by atoms with Crippen molar-refractivity contribution in [3.05, 3.63) is 60.7 Å². The predicted octanol–water partition coefficient (Wildman–Crippen LogP) is 4.53. The van der Waals surface area contributed by atoms with Gasteiger partial charge >= 0.3 is 0 Å². The third-order valence-electron chi connectivity index (χ3n) is 6.23. The van der Waals surface area contributed by atoms with Gasteiger partial charge in [-0.3, -0.25) is 14.9 Å². The van der Waals surface area contributed by atoms with Crippen LogP contribution in [0, 0.1) is 11.3 Å². The third-order valence-corrected chi connectivity index (χ3v) is 6.23. The Morgan fingerprint density at radius 3 is 2.53 bits per heavy atom. The van der Waals surface area contributed by atoms with Crippen molar-refractivity contribution >= 4 is 0 Å². The summed E-state index contributed by atoms with van der Waals surface area (Å²) in [5.41, 5.74) is 2.64. The maximum atomic E-state index is 9.44. The van der Waals surface area contributed by atoms with Crippen LogP contribution in [0.4, 0.5) is 0 Å². The summed E-state index contributed by atoms with van der Waals surface area (Å²) in [6.07, 6.45) is 7.47. The van der Waals surface area contributed by atoms with E-state index in [1.165, 1.54) is 12.8 Å². The maximum Gasteiger partial charge on any atom is 0.268 e. The first kappa shape index (κ1) is 23.6. The van der Waals surface area contributed by atoms with Crippen molar-refractivity contribution in [2.45, 2.75) is 32.1 Å². The zero-order chi connectivity index (χ0) is 25.0. The fourth-order valence-corrected chi connectivity index (χ4v) is 4.03. The monoisotopic (exact) mass is 481 g/mol. The third kappa shape index (κ3) is 5.24. The van der Waals surface area contributed by atoms with Gasteiger partial charge in [0, 0.05) is 23.9 Å². The van der Waals surface area contributed by atoms with E-state index in [9.17, 15) is 5.26 Å². The van der Waals surface area contributed by atoms with Crippen LogP contribution >= 0.6 is 0 Å². The number of ether oxygens (including phenoxy) is 1. The van der Waals surface area contributed by atoms with E-state index < -0.39 is 5.41 Å². The molecule has 0 amide bonds. The molecule has 1 saturated heterocycles. The summed E-state index contributed by atoms with van der Waals surface area (Å²) >= 11 is 0. The summed E-state index contributed by atoms with van der Waals surface area (Å²) in [5, 5.41) is 17.8. The average Bonchev–Trinajstić information content (AvgIpc) is 3.62. The van der Waals surface area contributed by atoms with E-state index in [-0.39, 0.29) is 5.89 Å². The highest BCUT2D eigenvalue weighted by Gasteiger charge is 2.22. The number of likely N-dealkylation sites (tertiary alicyclic amines) is 1. The van der Waals surface area contributed by atoms with Gasteiger partial charge in [-0.05, 0) is 76.2 Å². The molecule has 0 saturated carbocycles. The highest BCUT2D eigenvalue weighted by atomic mass is 16.5. The quantitative estimate of drug-likeness (QED) is 0.358. The zero-order valence-corrected chi connectivity index (χ0v) is 20.4. The Kier molecular flexibility index (Phi) is 6.69. The van der Waals surface area contributed by atoms with Crippen molar-refractivity contribution < 1.29 is 9.15 Å². The van der Waals surface area contributed by atoms with Gasteiger partial charge in [-0.2, -0.15) is 5.26 Å². The molecule has 0 atom stereocenters. The van der Waals surface area contributed by atoms with Gasteiger partial charge in [0.2, 0.25) is 5.89 Å². The number of pyridine rings is 1. The predicted molar refractivity (Wildman–Crippen MR) is 134 cm³/mol. The smallest absolute Gasteiger partial charge is 0.268 e. The van der Waals surface area contributed by atoms with Crippen LogP contribution in [-0.4, -0.2) is 56.3 Å². The number of hydrogen-bond donors (Lipinski definition) is 0. The molecule has 0 bridgehead atoms. The number of aromatic nitrogens is 5. The summed E-state index contributed by atoms with van der Waals surface area (Å²) in [5.74, 6) is 1.48. The molecule has 182 valence electrons. The van der Waals surface area contributed by atoms with Gasteiger partial charge in [0.05, 0.1) is 35.3 Å². The minimum atomic E-state index is -0.711. The van der Waals surface area contributed by atoms with E-state index in [2.05, 4.69) is 36.1 Å². The summed E-state index contributed by atoms with van der Waals surface area (Å²) in [7, 11) is 0. The fraction of sp³-hybridized carbons (Fsp3) is 0.333. The van der Waals surface area contributed by atoms with Crippen molar-refractivity contribution in [1.82, 2.24) is 30.0 Å². The Labute approximate surface area is 209 Å². The van der Waals surface area contributed by atoms with Crippen LogP contribution in [0.15, 0.2) is 59.4 Å². The molecule has 0 radical (unpaired) electrons. The molecule has 3 aromatic heterocycles. The first-order chi connectivity index (χ1) is 17.5. The lowest BCUT2D eigenvalue weighted by atomic mass is 9.90. The minimum absolute atomic E-state index is 0.275. The molecule has 5 rings (SSSR count). The van der Waals surface area contributed by atoms with Gasteiger partial charge in [-0.25, -0.2) is 4.98 Å². The van der Waals surface area contributed by atoms with Crippen LogP contribution in [0.3, 0.4) is 0 Å². The van der Waals surface area contributed by atoms with Crippen molar-refractivity contribution in [3.63, 3.8) is 0 Å². The topological polar surface area (TPSA) is 114 Å². The Balaban J connectivity index is 1.29. The minimum Gasteiger partial charge on any atom is -0.492 e. The molecule has 4 heterocycles. The normalized spacial score (nSPS) is 14.0. The summed E-state index contributed by atoms with van der Waals surface area (Å²) < 4.78 is 11.8. The first-order valence-corrected chi connectivity index (χ1v) is 12.0. The van der Waals surface area contributed by atoms with Crippen molar-refractivity contribution in [2.75, 3.05) is 26.2 Å². The molecule has 0 unspecified atom stereocenters. The zero-order valence-electron chi connectivity index (χ0n) is 20.4. The van der Waals surface area contributed by atoms with E-state index >= 15 is 0 Å². The summed E-state index contributed by atoms with van der Waals surface area (Å²) in [6, 6.07) is 13.6. The SMILES string of the molecule is CC(C)(C#N)c1cc(-c2cncc(-c3nnc(-c4ccc(OCCN5CCCC5)cc4)o3)n2)ccn1. The number of benzene rings is 1. The molecule has 36 heavy (non-hydrogen) atoms. The van der Waals surface area contributed by atoms with E-state index in [4.69, 9.17) is 9.15 Å². The molecule has 9 heteroatoms. The Hall–Kier alpha value is -4.16. The van der Waals surface area contributed by atoms with E-state index in [1.807, 2.05) is 50.2 Å². The van der Waals surface area contributed by atoms with Crippen molar-refractivity contribution in [2.24, 2.45) is 0 Å². The Morgan fingerprint density at radius 2 is 1.75 bits per heavy atom. The molecule has 1 aromatic carbocycles. The van der Waals surface area contributed by atoms with Crippen LogP contribution < -0.4 is 4.74 Å². The van der Waals surface area contributed by atoms with Crippen LogP contribution in [0.1, 0.15) is 32.4 Å². The molecule has 1 fully saturated rings. The molecule has 0 aliphatic carbocycles. The molecule has 0 spiro atoms. The number of nitriles is 1. The van der Waals surface area contributed by atoms with E-state index in [1.54, 1.807) is 18.6 Å². The summed E-state index contributed by atoms with van der Waals surface area (Å²) in [4.78, 5) is 15.7. The van der Waals surface area contributed by atoms with Crippen molar-refractivity contribution in [3.8, 4) is 46.1 Å². The average molecular weight is 482 g/mol. The largest absolute Gasteiger partial charge is 0.492 e. The van der Waals surface area contributed by atoms with Gasteiger partial charge in [-0.15, -0.1) is 10.2 Å². The molecule has 4 aromatic rings. The summed E-state index contributed by atoms with van der Waals surface area (Å²) in [6.45, 7) is 7.61. The molecule has 0 N–H and O–H groups in total. The molecule has 1 aliphatic heterocycles. The second-order valence-corrected chi connectivity index (χ2v) is 9.29. The van der Waals surface area contributed by atoms with Gasteiger partial charge < -0.3 is 9.15 Å². The highest BCUT2D eigenvalue weighted by molar-refractivity contribution is 5.62. The van der Waals surface area contributed by atoms with Crippen molar-refractivity contribution in [1.29, 1.82) is 5.26 Å². The van der Waals surface area contributed by atoms with Crippen LogP contribution in [-0.2, 0) is 5.41 Å². The number of hydrogen-bond acceptors (Lipinski definition) is 9. The Bertz CT molecular complexity index is 1370. The van der Waals surface area contributed by atoms with Gasteiger partial charge in [0.25, 0.3) is 5.89 Å². The standard InChI is InChI=1S/C27H27N7O2/c1-27(2,18-28)24-15-20(9-10-30-24)22-16-29-17-23(31-22)26-33-32-25(36-26)19-5-7-21(8-6-19)35-14-13-34-11-3-4-12-34/h5-10,15-17H,3-4,11-14H2,1-2H3. The highest BCUT2D eigenvalue weighted by Crippen LogP contribution is 2.28. The van der Waals surface area contributed by atoms with Gasteiger partial charge in [0.15, 0.2) is 0 Å². The lowest BCUT2D eigenvalue weighted by Crippen LogP contribution is -2.25. The second kappa shape index (κ2) is 10.2. The van der Waals surface area contributed by atoms with E-state index in [0.29, 0.717) is 29.6 Å². The Morgan fingerprint density at radius 1 is 1.00 bits per heavy atom.